The molecule has 0 bridgehead atoms. The van der Waals surface area contributed by atoms with E-state index in [0.717, 1.165) is 11.3 Å². The third-order valence-corrected chi connectivity index (χ3v) is 2.69. The Kier molecular flexibility index (Phi) is 5.80. The quantitative estimate of drug-likeness (QED) is 0.738. The molecule has 82 valence electrons. The van der Waals surface area contributed by atoms with Crippen LogP contribution in [-0.2, 0) is 10.5 Å². The second-order valence-electron chi connectivity index (χ2n) is 2.92. The number of aliphatic hydroxyl groups excluding tert-OH is 1. The molecule has 0 spiro atoms. The van der Waals surface area contributed by atoms with Crippen LogP contribution in [0.5, 0.6) is 0 Å². The van der Waals surface area contributed by atoms with E-state index in [-0.39, 0.29) is 12.5 Å². The highest BCUT2D eigenvalue weighted by molar-refractivity contribution is 7.99. The van der Waals surface area contributed by atoms with Gasteiger partial charge in [0.05, 0.1) is 12.4 Å². The molecule has 0 aliphatic rings. The lowest BCUT2D eigenvalue weighted by Gasteiger charge is -2.02. The maximum absolute atomic E-state index is 11.1. The summed E-state index contributed by atoms with van der Waals surface area (Å²) < 4.78 is 0. The van der Waals surface area contributed by atoms with Crippen LogP contribution in [0.1, 0.15) is 5.56 Å². The maximum atomic E-state index is 11.1. The summed E-state index contributed by atoms with van der Waals surface area (Å²) in [7, 11) is 0. The third kappa shape index (κ3) is 5.39. The first kappa shape index (κ1) is 12.0. The molecule has 1 amide bonds. The standard InChI is InChI=1S/C10H14N2O2S/c13-6-5-12-10(14)8-15-7-9-1-3-11-4-2-9/h1-4,13H,5-8H2,(H,12,14). The van der Waals surface area contributed by atoms with Crippen LogP contribution in [-0.4, -0.2) is 34.9 Å². The molecule has 1 aromatic rings. The highest BCUT2D eigenvalue weighted by atomic mass is 32.2. The van der Waals surface area contributed by atoms with Crippen LogP contribution in [0, 0.1) is 0 Å². The summed E-state index contributed by atoms with van der Waals surface area (Å²) in [6, 6.07) is 3.86. The molecule has 1 rings (SSSR count). The fourth-order valence-electron chi connectivity index (χ4n) is 0.987. The molecule has 0 aliphatic carbocycles. The van der Waals surface area contributed by atoms with Crippen LogP contribution in [0.2, 0.25) is 0 Å². The number of hydrogen-bond donors (Lipinski definition) is 2. The Morgan fingerprint density at radius 1 is 1.47 bits per heavy atom. The van der Waals surface area contributed by atoms with Crippen molar-refractivity contribution in [1.29, 1.82) is 0 Å². The molecule has 4 nitrogen and oxygen atoms in total. The van der Waals surface area contributed by atoms with Gasteiger partial charge in [0.25, 0.3) is 0 Å². The minimum atomic E-state index is -0.0388. The van der Waals surface area contributed by atoms with Gasteiger partial charge in [-0.15, -0.1) is 11.8 Å². The van der Waals surface area contributed by atoms with Crippen LogP contribution in [0.25, 0.3) is 0 Å². The van der Waals surface area contributed by atoms with Crippen molar-refractivity contribution in [2.75, 3.05) is 18.9 Å². The highest BCUT2D eigenvalue weighted by Crippen LogP contribution is 2.10. The molecule has 5 heteroatoms. The van der Waals surface area contributed by atoms with Gasteiger partial charge in [0.1, 0.15) is 0 Å². The first-order chi connectivity index (χ1) is 7.33. The number of aliphatic hydroxyl groups is 1. The summed E-state index contributed by atoms with van der Waals surface area (Å²) >= 11 is 1.54. The first-order valence-corrected chi connectivity index (χ1v) is 5.82. The van der Waals surface area contributed by atoms with E-state index in [9.17, 15) is 4.79 Å². The minimum absolute atomic E-state index is 0.0131. The number of rotatable bonds is 6. The van der Waals surface area contributed by atoms with Gasteiger partial charge in [0.15, 0.2) is 0 Å². The van der Waals surface area contributed by atoms with E-state index in [4.69, 9.17) is 5.11 Å². The number of amides is 1. The van der Waals surface area contributed by atoms with Gasteiger partial charge in [-0.3, -0.25) is 9.78 Å². The first-order valence-electron chi connectivity index (χ1n) is 4.67. The zero-order chi connectivity index (χ0) is 10.9. The number of aromatic nitrogens is 1. The largest absolute Gasteiger partial charge is 0.395 e. The van der Waals surface area contributed by atoms with Gasteiger partial charge < -0.3 is 10.4 Å². The van der Waals surface area contributed by atoms with E-state index in [1.54, 1.807) is 24.2 Å². The number of carbonyl (C=O) groups is 1. The number of carbonyl (C=O) groups excluding carboxylic acids is 1. The number of nitrogens with one attached hydrogen (secondary N) is 1. The number of hydrogen-bond acceptors (Lipinski definition) is 4. The lowest BCUT2D eigenvalue weighted by atomic mass is 10.3. The van der Waals surface area contributed by atoms with Crippen LogP contribution < -0.4 is 5.32 Å². The summed E-state index contributed by atoms with van der Waals surface area (Å²) in [6.45, 7) is 0.315. The van der Waals surface area contributed by atoms with E-state index in [0.29, 0.717) is 12.3 Å². The van der Waals surface area contributed by atoms with Crippen molar-refractivity contribution in [3.8, 4) is 0 Å². The van der Waals surface area contributed by atoms with Gasteiger partial charge in [-0.25, -0.2) is 0 Å². The smallest absolute Gasteiger partial charge is 0.230 e. The normalized spacial score (nSPS) is 9.93. The number of pyridine rings is 1. The van der Waals surface area contributed by atoms with Crippen LogP contribution in [0.15, 0.2) is 24.5 Å². The van der Waals surface area contributed by atoms with Crippen molar-refractivity contribution >= 4 is 17.7 Å². The van der Waals surface area contributed by atoms with E-state index in [2.05, 4.69) is 10.3 Å². The maximum Gasteiger partial charge on any atom is 0.230 e. The fraction of sp³-hybridized carbons (Fsp3) is 0.400. The van der Waals surface area contributed by atoms with E-state index in [1.807, 2.05) is 12.1 Å². The Bertz CT molecular complexity index is 293. The molecule has 0 aromatic carbocycles. The zero-order valence-corrected chi connectivity index (χ0v) is 9.17. The van der Waals surface area contributed by atoms with Crippen LogP contribution in [0.3, 0.4) is 0 Å². The van der Waals surface area contributed by atoms with Crippen molar-refractivity contribution in [3.05, 3.63) is 30.1 Å². The Balaban J connectivity index is 2.14. The van der Waals surface area contributed by atoms with E-state index >= 15 is 0 Å². The lowest BCUT2D eigenvalue weighted by Crippen LogP contribution is -2.27. The van der Waals surface area contributed by atoms with E-state index in [1.165, 1.54) is 0 Å². The second-order valence-corrected chi connectivity index (χ2v) is 3.91. The van der Waals surface area contributed by atoms with Gasteiger partial charge in [-0.05, 0) is 17.7 Å². The van der Waals surface area contributed by atoms with Gasteiger partial charge in [0, 0.05) is 24.7 Å². The monoisotopic (exact) mass is 226 g/mol. The molecular formula is C10H14N2O2S. The summed E-state index contributed by atoms with van der Waals surface area (Å²) in [4.78, 5) is 15.0. The van der Waals surface area contributed by atoms with Gasteiger partial charge in [-0.2, -0.15) is 0 Å². The molecule has 0 radical (unpaired) electrons. The van der Waals surface area contributed by atoms with Crippen LogP contribution >= 0.6 is 11.8 Å². The molecule has 0 saturated carbocycles. The van der Waals surface area contributed by atoms with Gasteiger partial charge in [-0.1, -0.05) is 0 Å². The van der Waals surface area contributed by atoms with Crippen molar-refractivity contribution in [1.82, 2.24) is 10.3 Å². The molecule has 1 aromatic heterocycles. The predicted octanol–water partition coefficient (Wildman–Crippen LogP) is 0.423. The summed E-state index contributed by atoms with van der Waals surface area (Å²) in [5, 5.41) is 11.1. The molecule has 0 unspecified atom stereocenters. The fourth-order valence-corrected chi connectivity index (χ4v) is 1.80. The molecule has 0 fully saturated rings. The highest BCUT2D eigenvalue weighted by Gasteiger charge is 2.00. The second kappa shape index (κ2) is 7.25. The zero-order valence-electron chi connectivity index (χ0n) is 8.35. The summed E-state index contributed by atoms with van der Waals surface area (Å²) in [6.07, 6.45) is 3.48. The van der Waals surface area contributed by atoms with Crippen molar-refractivity contribution in [3.63, 3.8) is 0 Å². The molecule has 2 N–H and O–H groups in total. The van der Waals surface area contributed by atoms with Gasteiger partial charge in [0.2, 0.25) is 5.91 Å². The average molecular weight is 226 g/mol. The van der Waals surface area contributed by atoms with Gasteiger partial charge >= 0.3 is 0 Å². The Morgan fingerprint density at radius 2 is 2.20 bits per heavy atom. The molecule has 1 heterocycles. The Labute approximate surface area is 93.1 Å². The molecular weight excluding hydrogens is 212 g/mol. The molecule has 15 heavy (non-hydrogen) atoms. The number of nitrogens with zero attached hydrogens (tertiary/aromatic N) is 1. The minimum Gasteiger partial charge on any atom is -0.395 e. The summed E-state index contributed by atoms with van der Waals surface area (Å²) in [5.41, 5.74) is 1.16. The van der Waals surface area contributed by atoms with E-state index < -0.39 is 0 Å². The predicted molar refractivity (Wildman–Crippen MR) is 60.5 cm³/mol. The molecule has 0 saturated heterocycles. The SMILES string of the molecule is O=C(CSCc1ccncc1)NCCO. The average Bonchev–Trinajstić information content (AvgIpc) is 2.28. The van der Waals surface area contributed by atoms with Crippen molar-refractivity contribution in [2.24, 2.45) is 0 Å². The molecule has 0 aliphatic heterocycles. The number of thioether (sulfide) groups is 1. The van der Waals surface area contributed by atoms with Crippen molar-refractivity contribution in [2.45, 2.75) is 5.75 Å². The topological polar surface area (TPSA) is 62.2 Å². The lowest BCUT2D eigenvalue weighted by molar-refractivity contribution is -0.118. The third-order valence-electron chi connectivity index (χ3n) is 1.69. The van der Waals surface area contributed by atoms with Crippen molar-refractivity contribution < 1.29 is 9.90 Å². The Hall–Kier alpha value is -1.07. The molecule has 0 atom stereocenters. The summed E-state index contributed by atoms with van der Waals surface area (Å²) in [5.74, 6) is 1.18. The Morgan fingerprint density at radius 3 is 2.87 bits per heavy atom. The van der Waals surface area contributed by atoms with Crippen LogP contribution in [0.4, 0.5) is 0 Å².